The molecule has 1 atom stereocenters. The third-order valence-corrected chi connectivity index (χ3v) is 4.05. The summed E-state index contributed by atoms with van der Waals surface area (Å²) in [5.74, 6) is -0.856. The van der Waals surface area contributed by atoms with Crippen LogP contribution in [0.5, 0.6) is 5.75 Å². The van der Waals surface area contributed by atoms with Crippen molar-refractivity contribution in [2.45, 2.75) is 26.3 Å². The van der Waals surface area contributed by atoms with Gasteiger partial charge in [0.15, 0.2) is 6.61 Å². The van der Waals surface area contributed by atoms with E-state index in [0.29, 0.717) is 17.7 Å². The van der Waals surface area contributed by atoms with Gasteiger partial charge in [-0.25, -0.2) is 4.79 Å². The van der Waals surface area contributed by atoms with Crippen molar-refractivity contribution < 1.29 is 23.9 Å². The topological polar surface area (TPSA) is 93.7 Å². The van der Waals surface area contributed by atoms with E-state index in [1.807, 2.05) is 32.0 Å². The van der Waals surface area contributed by atoms with Gasteiger partial charge in [-0.2, -0.15) is 0 Å². The summed E-state index contributed by atoms with van der Waals surface area (Å²) >= 11 is 0. The molecule has 0 saturated heterocycles. The number of amides is 2. The second kappa shape index (κ2) is 10.8. The lowest BCUT2D eigenvalue weighted by Gasteiger charge is -2.18. The third-order valence-electron chi connectivity index (χ3n) is 4.05. The molecule has 7 nitrogen and oxygen atoms in total. The van der Waals surface area contributed by atoms with Crippen LogP contribution in [0.15, 0.2) is 54.6 Å². The van der Waals surface area contributed by atoms with E-state index in [4.69, 9.17) is 9.47 Å². The lowest BCUT2D eigenvalue weighted by Crippen LogP contribution is -2.44. The van der Waals surface area contributed by atoms with Gasteiger partial charge in [0, 0.05) is 5.69 Å². The Kier molecular flexibility index (Phi) is 8.21. The Morgan fingerprint density at radius 1 is 0.966 bits per heavy atom. The first-order valence-electron chi connectivity index (χ1n) is 9.36. The van der Waals surface area contributed by atoms with E-state index in [-0.39, 0.29) is 24.2 Å². The lowest BCUT2D eigenvalue weighted by atomic mass is 10.0. The smallest absolute Gasteiger partial charge is 0.328 e. The Labute approximate surface area is 170 Å². The second-order valence-corrected chi connectivity index (χ2v) is 6.88. The summed E-state index contributed by atoms with van der Waals surface area (Å²) in [6.45, 7) is 3.56. The number of ether oxygens (including phenoxy) is 2. The minimum atomic E-state index is -0.743. The predicted octanol–water partition coefficient (Wildman–Crippen LogP) is 3.02. The molecule has 0 fully saturated rings. The van der Waals surface area contributed by atoms with Crippen LogP contribution in [0.1, 0.15) is 30.6 Å². The molecule has 0 aliphatic carbocycles. The number of carbonyl (C=O) groups excluding carboxylic acids is 3. The van der Waals surface area contributed by atoms with Crippen LogP contribution in [0, 0.1) is 5.92 Å². The van der Waals surface area contributed by atoms with E-state index in [1.54, 1.807) is 36.4 Å². The molecule has 0 heterocycles. The summed E-state index contributed by atoms with van der Waals surface area (Å²) in [6, 6.07) is 14.9. The molecule has 154 valence electrons. The van der Waals surface area contributed by atoms with Gasteiger partial charge in [0.2, 0.25) is 0 Å². The van der Waals surface area contributed by atoms with E-state index in [2.05, 4.69) is 10.6 Å². The highest BCUT2D eigenvalue weighted by atomic mass is 16.5. The Morgan fingerprint density at radius 3 is 2.28 bits per heavy atom. The van der Waals surface area contributed by atoms with Crippen molar-refractivity contribution >= 4 is 23.5 Å². The van der Waals surface area contributed by atoms with Crippen molar-refractivity contribution in [1.29, 1.82) is 0 Å². The molecular formula is C22H26N2O5. The number of methoxy groups -OCH3 is 1. The van der Waals surface area contributed by atoms with Gasteiger partial charge in [0.05, 0.1) is 12.7 Å². The first-order valence-corrected chi connectivity index (χ1v) is 9.36. The van der Waals surface area contributed by atoms with Crippen LogP contribution in [-0.4, -0.2) is 37.5 Å². The molecule has 2 N–H and O–H groups in total. The van der Waals surface area contributed by atoms with Crippen LogP contribution in [0.25, 0.3) is 0 Å². The van der Waals surface area contributed by atoms with Crippen molar-refractivity contribution in [2.75, 3.05) is 19.0 Å². The quantitative estimate of drug-likeness (QED) is 0.634. The van der Waals surface area contributed by atoms with Gasteiger partial charge in [-0.3, -0.25) is 9.59 Å². The third kappa shape index (κ3) is 6.95. The van der Waals surface area contributed by atoms with Gasteiger partial charge in [-0.1, -0.05) is 44.2 Å². The van der Waals surface area contributed by atoms with Crippen LogP contribution in [-0.2, 0) is 14.3 Å². The summed E-state index contributed by atoms with van der Waals surface area (Å²) < 4.78 is 10.3. The average Bonchev–Trinajstić information content (AvgIpc) is 2.71. The summed E-state index contributed by atoms with van der Waals surface area (Å²) in [5.41, 5.74) is 0.954. The highest BCUT2D eigenvalue weighted by molar-refractivity contribution is 6.06. The number of hydrogen-bond donors (Lipinski definition) is 2. The van der Waals surface area contributed by atoms with Crippen LogP contribution >= 0.6 is 0 Å². The number of hydrogen-bond acceptors (Lipinski definition) is 5. The number of carbonyl (C=O) groups is 3. The summed E-state index contributed by atoms with van der Waals surface area (Å²) in [6.07, 6.45) is 0.453. The largest absolute Gasteiger partial charge is 0.483 e. The fraction of sp³-hybridized carbons (Fsp3) is 0.318. The average molecular weight is 398 g/mol. The second-order valence-electron chi connectivity index (χ2n) is 6.88. The maximum absolute atomic E-state index is 12.6. The molecule has 2 rings (SSSR count). The van der Waals surface area contributed by atoms with E-state index >= 15 is 0 Å². The molecule has 2 amide bonds. The Hall–Kier alpha value is -3.35. The summed E-state index contributed by atoms with van der Waals surface area (Å²) in [4.78, 5) is 36.7. The Morgan fingerprint density at radius 2 is 1.62 bits per heavy atom. The number of nitrogens with one attached hydrogen (secondary N) is 2. The van der Waals surface area contributed by atoms with Gasteiger partial charge in [0.25, 0.3) is 11.8 Å². The minimum Gasteiger partial charge on any atom is -0.483 e. The number of anilines is 1. The first kappa shape index (κ1) is 21.9. The molecule has 0 bridgehead atoms. The van der Waals surface area contributed by atoms with E-state index in [0.717, 1.165) is 0 Å². The maximum atomic E-state index is 12.6. The highest BCUT2D eigenvalue weighted by Gasteiger charge is 2.23. The van der Waals surface area contributed by atoms with Crippen molar-refractivity contribution in [3.63, 3.8) is 0 Å². The molecule has 0 aromatic heterocycles. The zero-order valence-electron chi connectivity index (χ0n) is 16.8. The van der Waals surface area contributed by atoms with Gasteiger partial charge in [0.1, 0.15) is 11.8 Å². The van der Waals surface area contributed by atoms with Crippen LogP contribution in [0.3, 0.4) is 0 Å². The number of para-hydroxylation sites is 2. The first-order chi connectivity index (χ1) is 13.9. The molecular weight excluding hydrogens is 372 g/mol. The van der Waals surface area contributed by atoms with Crippen molar-refractivity contribution in [3.05, 3.63) is 60.2 Å². The van der Waals surface area contributed by atoms with Crippen molar-refractivity contribution in [3.8, 4) is 5.75 Å². The van der Waals surface area contributed by atoms with E-state index in [9.17, 15) is 14.4 Å². The highest BCUT2D eigenvalue weighted by Crippen LogP contribution is 2.19. The Bertz CT molecular complexity index is 836. The molecule has 29 heavy (non-hydrogen) atoms. The predicted molar refractivity (Wildman–Crippen MR) is 110 cm³/mol. The molecule has 0 spiro atoms. The van der Waals surface area contributed by atoms with Crippen LogP contribution in [0.4, 0.5) is 5.69 Å². The van der Waals surface area contributed by atoms with E-state index < -0.39 is 17.9 Å². The van der Waals surface area contributed by atoms with Gasteiger partial charge in [-0.15, -0.1) is 0 Å². The number of benzene rings is 2. The fourth-order valence-corrected chi connectivity index (χ4v) is 2.71. The summed E-state index contributed by atoms with van der Waals surface area (Å²) in [7, 11) is 1.28. The minimum absolute atomic E-state index is 0.197. The van der Waals surface area contributed by atoms with Gasteiger partial charge < -0.3 is 20.1 Å². The molecule has 7 heteroatoms. The molecule has 0 aliphatic rings. The lowest BCUT2D eigenvalue weighted by molar-refractivity contribution is -0.145. The molecule has 2 aromatic carbocycles. The molecule has 0 saturated carbocycles. The van der Waals surface area contributed by atoms with Crippen LogP contribution < -0.4 is 15.4 Å². The molecule has 2 aromatic rings. The molecule has 0 radical (unpaired) electrons. The van der Waals surface area contributed by atoms with Crippen molar-refractivity contribution in [2.24, 2.45) is 5.92 Å². The Balaban J connectivity index is 2.00. The number of rotatable bonds is 9. The van der Waals surface area contributed by atoms with Crippen LogP contribution in [0.2, 0.25) is 0 Å². The van der Waals surface area contributed by atoms with Gasteiger partial charge in [-0.05, 0) is 36.6 Å². The standard InChI is InChI=1S/C22H26N2O5/c1-15(2)13-18(22(27)28-3)24-20(25)14-29-19-12-8-7-11-17(19)21(26)23-16-9-5-4-6-10-16/h4-12,15,18H,13-14H2,1-3H3,(H,23,26)(H,24,25)/t18-/m1/s1. The zero-order chi connectivity index (χ0) is 21.2. The normalized spacial score (nSPS) is 11.4. The van der Waals surface area contributed by atoms with E-state index in [1.165, 1.54) is 7.11 Å². The molecule has 0 aliphatic heterocycles. The SMILES string of the molecule is COC(=O)[C@@H](CC(C)C)NC(=O)COc1ccccc1C(=O)Nc1ccccc1. The monoisotopic (exact) mass is 398 g/mol. The summed E-state index contributed by atoms with van der Waals surface area (Å²) in [5, 5.41) is 5.40. The van der Waals surface area contributed by atoms with Gasteiger partial charge >= 0.3 is 5.97 Å². The fourth-order valence-electron chi connectivity index (χ4n) is 2.71. The maximum Gasteiger partial charge on any atom is 0.328 e. The number of esters is 1. The van der Waals surface area contributed by atoms with Crippen molar-refractivity contribution in [1.82, 2.24) is 5.32 Å². The zero-order valence-corrected chi connectivity index (χ0v) is 16.8. The molecule has 0 unspecified atom stereocenters.